The Morgan fingerprint density at radius 1 is 0.759 bits per heavy atom. The van der Waals surface area contributed by atoms with Crippen LogP contribution in [-0.2, 0) is 5.75 Å². The molecule has 2 rings (SSSR count). The third-order valence-electron chi connectivity index (χ3n) is 4.91. The highest BCUT2D eigenvalue weighted by molar-refractivity contribution is 7.98. The molecule has 0 spiro atoms. The molecule has 29 heavy (non-hydrogen) atoms. The van der Waals surface area contributed by atoms with E-state index in [2.05, 4.69) is 30.3 Å². The van der Waals surface area contributed by atoms with Gasteiger partial charge >= 0.3 is 5.97 Å². The van der Waals surface area contributed by atoms with Gasteiger partial charge in [0.15, 0.2) is 0 Å². The Balaban J connectivity index is 1.32. The first-order valence-electron chi connectivity index (χ1n) is 10.8. The van der Waals surface area contributed by atoms with E-state index in [-0.39, 0.29) is 0 Å². The van der Waals surface area contributed by atoms with E-state index in [9.17, 15) is 4.79 Å². The molecule has 0 saturated heterocycles. The number of hydrogen-bond acceptors (Lipinski definition) is 3. The molecule has 0 atom stereocenters. The maximum atomic E-state index is 10.8. The molecule has 0 heterocycles. The molecule has 0 aliphatic heterocycles. The molecule has 0 saturated carbocycles. The SMILES string of the molecule is O=C(O)c1ccc(OCCCCCCCCCCCSCc2ccccc2)cc1. The topological polar surface area (TPSA) is 46.5 Å². The van der Waals surface area contributed by atoms with E-state index in [1.54, 1.807) is 24.3 Å². The van der Waals surface area contributed by atoms with Crippen molar-refractivity contribution < 1.29 is 14.6 Å². The second-order valence-electron chi connectivity index (χ2n) is 7.40. The number of thioether (sulfide) groups is 1. The van der Waals surface area contributed by atoms with E-state index in [1.807, 2.05) is 11.8 Å². The molecule has 0 fully saturated rings. The zero-order valence-corrected chi connectivity index (χ0v) is 18.2. The molecule has 0 amide bonds. The van der Waals surface area contributed by atoms with Gasteiger partial charge in [0.25, 0.3) is 0 Å². The quantitative estimate of drug-likeness (QED) is 0.295. The fraction of sp³-hybridized carbons (Fsp3) is 0.480. The van der Waals surface area contributed by atoms with Gasteiger partial charge in [0, 0.05) is 5.75 Å². The zero-order valence-electron chi connectivity index (χ0n) is 17.4. The molecule has 0 aromatic heterocycles. The van der Waals surface area contributed by atoms with Crippen LogP contribution in [0.25, 0.3) is 0 Å². The van der Waals surface area contributed by atoms with Crippen molar-refractivity contribution in [3.05, 3.63) is 65.7 Å². The third-order valence-corrected chi connectivity index (χ3v) is 6.03. The number of ether oxygens (including phenoxy) is 1. The minimum Gasteiger partial charge on any atom is -0.494 e. The molecule has 1 N–H and O–H groups in total. The first kappa shape index (κ1) is 23.3. The minimum absolute atomic E-state index is 0.295. The molecule has 0 radical (unpaired) electrons. The summed E-state index contributed by atoms with van der Waals surface area (Å²) in [6.07, 6.45) is 11.6. The number of benzene rings is 2. The van der Waals surface area contributed by atoms with Crippen LogP contribution in [-0.4, -0.2) is 23.4 Å². The largest absolute Gasteiger partial charge is 0.494 e. The van der Waals surface area contributed by atoms with Crippen LogP contribution in [0.1, 0.15) is 73.7 Å². The summed E-state index contributed by atoms with van der Waals surface area (Å²) >= 11 is 2.05. The van der Waals surface area contributed by atoms with E-state index >= 15 is 0 Å². The normalized spacial score (nSPS) is 10.8. The van der Waals surface area contributed by atoms with Crippen LogP contribution in [0.2, 0.25) is 0 Å². The number of hydrogen-bond donors (Lipinski definition) is 1. The van der Waals surface area contributed by atoms with E-state index in [1.165, 1.54) is 62.7 Å². The Bertz CT molecular complexity index is 670. The maximum Gasteiger partial charge on any atom is 0.335 e. The molecule has 0 bridgehead atoms. The van der Waals surface area contributed by atoms with Crippen molar-refractivity contribution in [3.63, 3.8) is 0 Å². The number of aromatic carboxylic acids is 1. The Morgan fingerprint density at radius 2 is 1.34 bits per heavy atom. The van der Waals surface area contributed by atoms with Crippen molar-refractivity contribution in [2.24, 2.45) is 0 Å². The summed E-state index contributed by atoms with van der Waals surface area (Å²) in [7, 11) is 0. The summed E-state index contributed by atoms with van der Waals surface area (Å²) < 4.78 is 5.67. The van der Waals surface area contributed by atoms with Gasteiger partial charge in [-0.3, -0.25) is 0 Å². The second kappa shape index (κ2) is 15.0. The predicted molar refractivity (Wildman–Crippen MR) is 123 cm³/mol. The fourth-order valence-electron chi connectivity index (χ4n) is 3.19. The average molecular weight is 415 g/mol. The van der Waals surface area contributed by atoms with Crippen LogP contribution in [0, 0.1) is 0 Å². The van der Waals surface area contributed by atoms with Crippen molar-refractivity contribution in [2.45, 2.75) is 63.5 Å². The van der Waals surface area contributed by atoms with Crippen molar-refractivity contribution in [1.82, 2.24) is 0 Å². The van der Waals surface area contributed by atoms with Gasteiger partial charge in [0.05, 0.1) is 12.2 Å². The molecule has 158 valence electrons. The van der Waals surface area contributed by atoms with Crippen LogP contribution in [0.15, 0.2) is 54.6 Å². The average Bonchev–Trinajstić information content (AvgIpc) is 2.75. The molecular formula is C25H34O3S. The highest BCUT2D eigenvalue weighted by atomic mass is 32.2. The smallest absolute Gasteiger partial charge is 0.335 e. The van der Waals surface area contributed by atoms with Gasteiger partial charge in [-0.15, -0.1) is 0 Å². The van der Waals surface area contributed by atoms with Gasteiger partial charge in [-0.05, 0) is 48.4 Å². The summed E-state index contributed by atoms with van der Waals surface area (Å²) in [6, 6.07) is 17.3. The highest BCUT2D eigenvalue weighted by Gasteiger charge is 2.02. The van der Waals surface area contributed by atoms with Crippen LogP contribution in [0.5, 0.6) is 5.75 Å². The van der Waals surface area contributed by atoms with Gasteiger partial charge in [0.2, 0.25) is 0 Å². The van der Waals surface area contributed by atoms with Gasteiger partial charge in [-0.25, -0.2) is 4.79 Å². The first-order chi connectivity index (χ1) is 14.3. The Kier molecular flexibility index (Phi) is 12.1. The van der Waals surface area contributed by atoms with E-state index < -0.39 is 5.97 Å². The molecule has 4 heteroatoms. The van der Waals surface area contributed by atoms with Crippen molar-refractivity contribution >= 4 is 17.7 Å². The maximum absolute atomic E-state index is 10.8. The lowest BCUT2D eigenvalue weighted by molar-refractivity contribution is 0.0697. The zero-order chi connectivity index (χ0) is 20.6. The second-order valence-corrected chi connectivity index (χ2v) is 8.50. The summed E-state index contributed by atoms with van der Waals surface area (Å²) in [6.45, 7) is 0.701. The Morgan fingerprint density at radius 3 is 1.97 bits per heavy atom. The van der Waals surface area contributed by atoms with Gasteiger partial charge in [0.1, 0.15) is 5.75 Å². The van der Waals surface area contributed by atoms with Crippen LogP contribution >= 0.6 is 11.8 Å². The molecule has 0 aliphatic carbocycles. The predicted octanol–water partition coefficient (Wildman–Crippen LogP) is 7.21. The van der Waals surface area contributed by atoms with Crippen molar-refractivity contribution in [1.29, 1.82) is 0 Å². The van der Waals surface area contributed by atoms with Crippen LogP contribution < -0.4 is 4.74 Å². The molecule has 3 nitrogen and oxygen atoms in total. The number of carboxylic acids is 1. The summed E-state index contributed by atoms with van der Waals surface area (Å²) in [5.74, 6) is 2.25. The van der Waals surface area contributed by atoms with E-state index in [4.69, 9.17) is 9.84 Å². The molecule has 0 unspecified atom stereocenters. The lowest BCUT2D eigenvalue weighted by atomic mass is 10.1. The van der Waals surface area contributed by atoms with Crippen LogP contribution in [0.3, 0.4) is 0 Å². The van der Waals surface area contributed by atoms with Crippen molar-refractivity contribution in [2.75, 3.05) is 12.4 Å². The lowest BCUT2D eigenvalue weighted by Crippen LogP contribution is -1.99. The number of unbranched alkanes of at least 4 members (excludes halogenated alkanes) is 8. The number of rotatable bonds is 16. The third kappa shape index (κ3) is 11.0. The summed E-state index contributed by atoms with van der Waals surface area (Å²) in [5.41, 5.74) is 1.72. The standard InChI is InChI=1S/C25H34O3S/c26-25(27)23-15-17-24(18-16-23)28-19-11-6-4-2-1-3-5-7-12-20-29-21-22-13-9-8-10-14-22/h8-10,13-18H,1-7,11-12,19-21H2,(H,26,27). The molecule has 2 aromatic carbocycles. The lowest BCUT2D eigenvalue weighted by Gasteiger charge is -2.06. The monoisotopic (exact) mass is 414 g/mol. The molecular weight excluding hydrogens is 380 g/mol. The Hall–Kier alpha value is -1.94. The fourth-order valence-corrected chi connectivity index (χ4v) is 4.17. The Labute approximate surface area is 179 Å². The van der Waals surface area contributed by atoms with Gasteiger partial charge < -0.3 is 9.84 Å². The number of carbonyl (C=O) groups is 1. The van der Waals surface area contributed by atoms with Crippen LogP contribution in [0.4, 0.5) is 0 Å². The molecule has 2 aromatic rings. The summed E-state index contributed by atoms with van der Waals surface area (Å²) in [4.78, 5) is 10.8. The van der Waals surface area contributed by atoms with E-state index in [0.717, 1.165) is 17.9 Å². The minimum atomic E-state index is -0.904. The number of carboxylic acid groups (broad SMARTS) is 1. The van der Waals surface area contributed by atoms with E-state index in [0.29, 0.717) is 12.2 Å². The van der Waals surface area contributed by atoms with Gasteiger partial charge in [-0.2, -0.15) is 11.8 Å². The highest BCUT2D eigenvalue weighted by Crippen LogP contribution is 2.16. The molecule has 0 aliphatic rings. The summed E-state index contributed by atoms with van der Waals surface area (Å²) in [5, 5.41) is 8.87. The van der Waals surface area contributed by atoms with Gasteiger partial charge in [-0.1, -0.05) is 75.3 Å². The first-order valence-corrected chi connectivity index (χ1v) is 12.0. The van der Waals surface area contributed by atoms with Crippen molar-refractivity contribution in [3.8, 4) is 5.75 Å².